The lowest BCUT2D eigenvalue weighted by Crippen LogP contribution is -2.50. The molecule has 1 aliphatic carbocycles. The molecule has 32 heavy (non-hydrogen) atoms. The van der Waals surface area contributed by atoms with Gasteiger partial charge in [0.1, 0.15) is 6.04 Å². The fourth-order valence-electron chi connectivity index (χ4n) is 3.88. The van der Waals surface area contributed by atoms with Gasteiger partial charge in [-0.2, -0.15) is 0 Å². The van der Waals surface area contributed by atoms with Gasteiger partial charge in [0.15, 0.2) is 0 Å². The Morgan fingerprint density at radius 3 is 2.44 bits per heavy atom. The zero-order chi connectivity index (χ0) is 22.9. The predicted molar refractivity (Wildman–Crippen MR) is 134 cm³/mol. The molecular weight excluding hydrogens is 463 g/mol. The van der Waals surface area contributed by atoms with Gasteiger partial charge in [-0.3, -0.25) is 9.59 Å². The number of benzene rings is 2. The van der Waals surface area contributed by atoms with Gasteiger partial charge in [-0.25, -0.2) is 0 Å². The largest absolute Gasteiger partial charge is 0.352 e. The maximum Gasteiger partial charge on any atom is 0.242 e. The van der Waals surface area contributed by atoms with Gasteiger partial charge in [0.25, 0.3) is 0 Å². The third-order valence-corrected chi connectivity index (χ3v) is 7.43. The molecule has 1 atom stereocenters. The normalized spacial score (nSPS) is 15.2. The van der Waals surface area contributed by atoms with E-state index in [1.807, 2.05) is 48.5 Å². The number of thioether (sulfide) groups is 1. The summed E-state index contributed by atoms with van der Waals surface area (Å²) in [4.78, 5) is 27.9. The van der Waals surface area contributed by atoms with Gasteiger partial charge in [-0.1, -0.05) is 72.8 Å². The fourth-order valence-corrected chi connectivity index (χ4v) is 5.07. The average Bonchev–Trinajstić information content (AvgIpc) is 2.80. The highest BCUT2D eigenvalue weighted by atomic mass is 35.5. The zero-order valence-corrected chi connectivity index (χ0v) is 20.7. The van der Waals surface area contributed by atoms with Crippen LogP contribution in [0.5, 0.6) is 0 Å². The number of carbonyl (C=O) groups is 2. The Labute approximate surface area is 205 Å². The Morgan fingerprint density at radius 1 is 1.06 bits per heavy atom. The smallest absolute Gasteiger partial charge is 0.242 e. The van der Waals surface area contributed by atoms with E-state index in [0.29, 0.717) is 22.3 Å². The number of amides is 2. The summed E-state index contributed by atoms with van der Waals surface area (Å²) < 4.78 is 0. The quantitative estimate of drug-likeness (QED) is 0.460. The molecule has 0 unspecified atom stereocenters. The van der Waals surface area contributed by atoms with Crippen LogP contribution in [0.3, 0.4) is 0 Å². The molecule has 172 valence electrons. The third kappa shape index (κ3) is 7.43. The van der Waals surface area contributed by atoms with Crippen LogP contribution in [0.1, 0.15) is 50.2 Å². The molecule has 1 N–H and O–H groups in total. The molecule has 2 amide bonds. The summed E-state index contributed by atoms with van der Waals surface area (Å²) in [6.07, 6.45) is 5.53. The molecule has 1 fully saturated rings. The summed E-state index contributed by atoms with van der Waals surface area (Å²) in [5, 5.41) is 4.45. The highest BCUT2D eigenvalue weighted by Gasteiger charge is 2.28. The van der Waals surface area contributed by atoms with Crippen LogP contribution in [0.25, 0.3) is 0 Å². The lowest BCUT2D eigenvalue weighted by molar-refractivity contribution is -0.139. The first kappa shape index (κ1) is 24.9. The Hall–Kier alpha value is -1.69. The topological polar surface area (TPSA) is 49.4 Å². The summed E-state index contributed by atoms with van der Waals surface area (Å²) in [5.41, 5.74) is 1.94. The van der Waals surface area contributed by atoms with Crippen molar-refractivity contribution in [2.24, 2.45) is 0 Å². The fraction of sp³-hybridized carbons (Fsp3) is 0.440. The van der Waals surface area contributed by atoms with E-state index in [2.05, 4.69) is 5.32 Å². The first-order chi connectivity index (χ1) is 15.4. The molecule has 2 aromatic rings. The SMILES string of the molecule is C[C@@H](C(=O)NC1CCCCC1)N(Cc1ccccc1Cl)C(=O)CSCc1ccc(Cl)cc1. The summed E-state index contributed by atoms with van der Waals surface area (Å²) in [7, 11) is 0. The van der Waals surface area contributed by atoms with Crippen molar-refractivity contribution in [2.45, 2.75) is 63.4 Å². The minimum Gasteiger partial charge on any atom is -0.352 e. The molecule has 0 heterocycles. The molecule has 0 saturated heterocycles. The average molecular weight is 494 g/mol. The van der Waals surface area contributed by atoms with Crippen molar-refractivity contribution >= 4 is 46.8 Å². The second-order valence-corrected chi connectivity index (χ2v) is 10.1. The summed E-state index contributed by atoms with van der Waals surface area (Å²) in [5.74, 6) is 0.815. The van der Waals surface area contributed by atoms with E-state index in [4.69, 9.17) is 23.2 Å². The van der Waals surface area contributed by atoms with E-state index in [1.165, 1.54) is 18.2 Å². The Kier molecular flexibility index (Phi) is 9.76. The minimum absolute atomic E-state index is 0.0739. The van der Waals surface area contributed by atoms with Gasteiger partial charge in [-0.15, -0.1) is 11.8 Å². The number of hydrogen-bond donors (Lipinski definition) is 1. The van der Waals surface area contributed by atoms with Gasteiger partial charge >= 0.3 is 0 Å². The minimum atomic E-state index is -0.572. The van der Waals surface area contributed by atoms with Crippen molar-refractivity contribution < 1.29 is 9.59 Å². The molecule has 3 rings (SSSR count). The summed E-state index contributed by atoms with van der Waals surface area (Å²) in [6, 6.07) is 14.7. The van der Waals surface area contributed by atoms with Gasteiger partial charge in [0.05, 0.1) is 5.75 Å². The van der Waals surface area contributed by atoms with E-state index in [-0.39, 0.29) is 23.6 Å². The van der Waals surface area contributed by atoms with Crippen LogP contribution in [0, 0.1) is 0 Å². The molecule has 1 saturated carbocycles. The van der Waals surface area contributed by atoms with E-state index >= 15 is 0 Å². The van der Waals surface area contributed by atoms with Crippen LogP contribution in [0.2, 0.25) is 10.0 Å². The van der Waals surface area contributed by atoms with Crippen molar-refractivity contribution in [3.63, 3.8) is 0 Å². The molecule has 2 aromatic carbocycles. The first-order valence-corrected chi connectivity index (χ1v) is 13.0. The van der Waals surface area contributed by atoms with Crippen LogP contribution in [-0.4, -0.2) is 34.6 Å². The number of carbonyl (C=O) groups excluding carboxylic acids is 2. The zero-order valence-electron chi connectivity index (χ0n) is 18.4. The Morgan fingerprint density at radius 2 is 1.75 bits per heavy atom. The molecule has 0 aromatic heterocycles. The molecule has 4 nitrogen and oxygen atoms in total. The third-order valence-electron chi connectivity index (χ3n) is 5.82. The van der Waals surface area contributed by atoms with Gasteiger partial charge < -0.3 is 10.2 Å². The highest BCUT2D eigenvalue weighted by molar-refractivity contribution is 7.99. The monoisotopic (exact) mass is 492 g/mol. The Balaban J connectivity index is 1.65. The van der Waals surface area contributed by atoms with Crippen LogP contribution >= 0.6 is 35.0 Å². The molecule has 0 radical (unpaired) electrons. The van der Waals surface area contributed by atoms with Gasteiger partial charge in [-0.05, 0) is 49.1 Å². The molecule has 7 heteroatoms. The lowest BCUT2D eigenvalue weighted by Gasteiger charge is -2.31. The molecule has 0 bridgehead atoms. The van der Waals surface area contributed by atoms with Crippen molar-refractivity contribution in [2.75, 3.05) is 5.75 Å². The van der Waals surface area contributed by atoms with Crippen molar-refractivity contribution in [1.29, 1.82) is 0 Å². The second kappa shape index (κ2) is 12.5. The van der Waals surface area contributed by atoms with E-state index in [9.17, 15) is 9.59 Å². The first-order valence-electron chi connectivity index (χ1n) is 11.1. The van der Waals surface area contributed by atoms with Crippen LogP contribution < -0.4 is 5.32 Å². The van der Waals surface area contributed by atoms with Crippen LogP contribution in [0.4, 0.5) is 0 Å². The van der Waals surface area contributed by atoms with Gasteiger partial charge in [0.2, 0.25) is 11.8 Å². The number of hydrogen-bond acceptors (Lipinski definition) is 3. The second-order valence-electron chi connectivity index (χ2n) is 8.25. The van der Waals surface area contributed by atoms with Crippen molar-refractivity contribution in [3.05, 3.63) is 69.7 Å². The van der Waals surface area contributed by atoms with Crippen LogP contribution in [-0.2, 0) is 21.9 Å². The van der Waals surface area contributed by atoms with Crippen LogP contribution in [0.15, 0.2) is 48.5 Å². The van der Waals surface area contributed by atoms with Crippen molar-refractivity contribution in [1.82, 2.24) is 10.2 Å². The highest BCUT2D eigenvalue weighted by Crippen LogP contribution is 2.22. The van der Waals surface area contributed by atoms with E-state index < -0.39 is 6.04 Å². The molecule has 0 spiro atoms. The lowest BCUT2D eigenvalue weighted by atomic mass is 9.95. The number of nitrogens with one attached hydrogen (secondary N) is 1. The number of nitrogens with zero attached hydrogens (tertiary/aromatic N) is 1. The summed E-state index contributed by atoms with van der Waals surface area (Å²) in [6.45, 7) is 2.11. The maximum atomic E-state index is 13.2. The standard InChI is InChI=1S/C25H30Cl2N2O2S/c1-18(25(31)28-22-8-3-2-4-9-22)29(15-20-7-5-6-10-23(20)27)24(30)17-32-16-19-11-13-21(26)14-12-19/h5-7,10-14,18,22H,2-4,8-9,15-17H2,1H3,(H,28,31)/t18-/m0/s1. The molecule has 0 aliphatic heterocycles. The number of rotatable bonds is 9. The molecule has 1 aliphatic rings. The van der Waals surface area contributed by atoms with E-state index in [0.717, 1.165) is 36.8 Å². The predicted octanol–water partition coefficient (Wildman–Crippen LogP) is 6.09. The molecular formula is C25H30Cl2N2O2S. The summed E-state index contributed by atoms with van der Waals surface area (Å²) >= 11 is 13.8. The van der Waals surface area contributed by atoms with E-state index in [1.54, 1.807) is 11.8 Å². The number of halogens is 2. The van der Waals surface area contributed by atoms with Gasteiger partial charge in [0, 0.05) is 28.4 Å². The van der Waals surface area contributed by atoms with Crippen molar-refractivity contribution in [3.8, 4) is 0 Å². The maximum absolute atomic E-state index is 13.2. The Bertz CT molecular complexity index is 901.